The summed E-state index contributed by atoms with van der Waals surface area (Å²) in [5.41, 5.74) is 1.64. The number of hydrogen-bond donors (Lipinski definition) is 1. The van der Waals surface area contributed by atoms with E-state index in [1.165, 1.54) is 0 Å². The molecule has 0 saturated heterocycles. The Kier molecular flexibility index (Phi) is 8.99. The Balaban J connectivity index is 2.38. The van der Waals surface area contributed by atoms with Gasteiger partial charge in [-0.15, -0.1) is 0 Å². The van der Waals surface area contributed by atoms with Crippen LogP contribution in [0.2, 0.25) is 0 Å². The van der Waals surface area contributed by atoms with E-state index in [0.29, 0.717) is 18.9 Å². The molecule has 0 bridgehead atoms. The second-order valence-electron chi connectivity index (χ2n) is 6.96. The normalized spacial score (nSPS) is 10.8. The Morgan fingerprint density at radius 2 is 1.72 bits per heavy atom. The molecule has 0 fully saturated rings. The fourth-order valence-corrected chi connectivity index (χ4v) is 2.02. The molecule has 6 nitrogen and oxygen atoms in total. The summed E-state index contributed by atoms with van der Waals surface area (Å²) in [7, 11) is 5.65. The van der Waals surface area contributed by atoms with Gasteiger partial charge in [0.05, 0.1) is 0 Å². The van der Waals surface area contributed by atoms with Gasteiger partial charge in [0.2, 0.25) is 5.91 Å². The Morgan fingerprint density at radius 3 is 2.28 bits per heavy atom. The largest absolute Gasteiger partial charge is 0.445 e. The van der Waals surface area contributed by atoms with Crippen LogP contribution in [0.3, 0.4) is 0 Å². The topological polar surface area (TPSA) is 61.9 Å². The molecular formula is C19H31N3O3. The molecule has 0 spiro atoms. The van der Waals surface area contributed by atoms with Gasteiger partial charge in [0, 0.05) is 32.2 Å². The maximum atomic E-state index is 11.9. The highest BCUT2D eigenvalue weighted by Gasteiger charge is 2.10. The number of nitrogens with zero attached hydrogens (tertiary/aromatic N) is 2. The fourth-order valence-electron chi connectivity index (χ4n) is 2.02. The van der Waals surface area contributed by atoms with Crippen LogP contribution in [0.1, 0.15) is 32.3 Å². The van der Waals surface area contributed by atoms with Crippen molar-refractivity contribution in [1.82, 2.24) is 9.80 Å². The van der Waals surface area contributed by atoms with E-state index in [4.69, 9.17) is 4.74 Å². The molecule has 1 aromatic rings. The summed E-state index contributed by atoms with van der Waals surface area (Å²) in [5.74, 6) is 0.536. The highest BCUT2D eigenvalue weighted by Crippen LogP contribution is 2.12. The molecule has 1 aromatic carbocycles. The molecule has 0 saturated carbocycles. The van der Waals surface area contributed by atoms with E-state index in [1.807, 2.05) is 43.3 Å². The zero-order valence-electron chi connectivity index (χ0n) is 16.0. The van der Waals surface area contributed by atoms with Crippen LogP contribution in [0.4, 0.5) is 10.5 Å². The highest BCUT2D eigenvalue weighted by atomic mass is 16.6. The van der Waals surface area contributed by atoms with E-state index >= 15 is 0 Å². The molecule has 6 heteroatoms. The molecule has 25 heavy (non-hydrogen) atoms. The van der Waals surface area contributed by atoms with Gasteiger partial charge in [-0.2, -0.15) is 0 Å². The number of ether oxygens (including phenoxy) is 1. The van der Waals surface area contributed by atoms with E-state index in [1.54, 1.807) is 11.9 Å². The van der Waals surface area contributed by atoms with Gasteiger partial charge in [-0.05, 0) is 44.1 Å². The summed E-state index contributed by atoms with van der Waals surface area (Å²) in [6, 6.07) is 7.36. The summed E-state index contributed by atoms with van der Waals surface area (Å²) < 4.78 is 5.29. The Hall–Kier alpha value is -2.08. The van der Waals surface area contributed by atoms with Crippen molar-refractivity contribution in [3.05, 3.63) is 29.8 Å². The minimum absolute atomic E-state index is 0.0235. The molecule has 0 aliphatic rings. The highest BCUT2D eigenvalue weighted by molar-refractivity contribution is 5.90. The Morgan fingerprint density at radius 1 is 1.08 bits per heavy atom. The van der Waals surface area contributed by atoms with Gasteiger partial charge < -0.3 is 19.9 Å². The van der Waals surface area contributed by atoms with Gasteiger partial charge in [0.25, 0.3) is 0 Å². The first kappa shape index (κ1) is 21.0. The molecule has 1 rings (SSSR count). The summed E-state index contributed by atoms with van der Waals surface area (Å²) in [6.07, 6.45) is 1.06. The first-order valence-corrected chi connectivity index (χ1v) is 8.69. The number of carbonyl (C=O) groups is 2. The third-order valence-electron chi connectivity index (χ3n) is 3.74. The van der Waals surface area contributed by atoms with E-state index in [9.17, 15) is 9.59 Å². The predicted octanol–water partition coefficient (Wildman–Crippen LogP) is 3.19. The average molecular weight is 349 g/mol. The van der Waals surface area contributed by atoms with E-state index in [0.717, 1.165) is 24.2 Å². The van der Waals surface area contributed by atoms with Crippen molar-refractivity contribution in [1.29, 1.82) is 0 Å². The zero-order valence-corrected chi connectivity index (χ0v) is 16.0. The van der Waals surface area contributed by atoms with Crippen LogP contribution >= 0.6 is 0 Å². The molecule has 0 heterocycles. The minimum atomic E-state index is -0.340. The fraction of sp³-hybridized carbons (Fsp3) is 0.579. The average Bonchev–Trinajstić information content (AvgIpc) is 2.56. The van der Waals surface area contributed by atoms with Crippen molar-refractivity contribution in [2.45, 2.75) is 33.3 Å². The number of rotatable bonds is 9. The van der Waals surface area contributed by atoms with E-state index in [2.05, 4.69) is 19.2 Å². The molecule has 0 radical (unpaired) electrons. The van der Waals surface area contributed by atoms with Crippen LogP contribution in [0.25, 0.3) is 0 Å². The summed E-state index contributed by atoms with van der Waals surface area (Å²) in [4.78, 5) is 27.3. The van der Waals surface area contributed by atoms with Crippen molar-refractivity contribution in [3.8, 4) is 0 Å². The number of hydrogen-bond acceptors (Lipinski definition) is 4. The lowest BCUT2D eigenvalue weighted by Crippen LogP contribution is -2.33. The number of amides is 2. The first-order valence-electron chi connectivity index (χ1n) is 8.69. The van der Waals surface area contributed by atoms with Gasteiger partial charge in [-0.1, -0.05) is 26.0 Å². The molecule has 1 N–H and O–H groups in total. The number of benzene rings is 1. The van der Waals surface area contributed by atoms with Gasteiger partial charge in [-0.3, -0.25) is 4.79 Å². The van der Waals surface area contributed by atoms with E-state index < -0.39 is 0 Å². The molecule has 0 atom stereocenters. The first-order chi connectivity index (χ1) is 11.8. The Labute approximate surface area is 151 Å². The number of likely N-dealkylation sites (N-methyl/N-ethyl adjacent to an activating group) is 2. The van der Waals surface area contributed by atoms with Crippen LogP contribution < -0.4 is 5.32 Å². The molecule has 2 amide bonds. The summed E-state index contributed by atoms with van der Waals surface area (Å²) in [5, 5.41) is 2.88. The summed E-state index contributed by atoms with van der Waals surface area (Å²) >= 11 is 0. The lowest BCUT2D eigenvalue weighted by atomic mass is 10.1. The predicted molar refractivity (Wildman–Crippen MR) is 101 cm³/mol. The number of anilines is 1. The van der Waals surface area contributed by atoms with Crippen molar-refractivity contribution < 1.29 is 14.3 Å². The van der Waals surface area contributed by atoms with Gasteiger partial charge >= 0.3 is 6.09 Å². The lowest BCUT2D eigenvalue weighted by Gasteiger charge is -2.19. The monoisotopic (exact) mass is 349 g/mol. The van der Waals surface area contributed by atoms with Crippen molar-refractivity contribution >= 4 is 17.7 Å². The molecule has 0 aliphatic carbocycles. The quantitative estimate of drug-likeness (QED) is 0.744. The SMILES string of the molecule is CC(C)CCC(=O)Nc1ccc(COC(=O)N(C)CCN(C)C)cc1. The molecule has 0 aromatic heterocycles. The smallest absolute Gasteiger partial charge is 0.409 e. The standard InChI is InChI=1S/C19H31N3O3/c1-15(2)6-11-18(23)20-17-9-7-16(8-10-17)14-25-19(24)22(5)13-12-21(3)4/h7-10,15H,6,11-14H2,1-5H3,(H,20,23). The second-order valence-corrected chi connectivity index (χ2v) is 6.96. The molecule has 0 unspecified atom stereocenters. The Bertz CT molecular complexity index is 541. The van der Waals surface area contributed by atoms with Gasteiger partial charge in [-0.25, -0.2) is 4.79 Å². The zero-order chi connectivity index (χ0) is 18.8. The maximum Gasteiger partial charge on any atom is 0.409 e. The van der Waals surface area contributed by atoms with Gasteiger partial charge in [0.15, 0.2) is 0 Å². The molecule has 0 aliphatic heterocycles. The van der Waals surface area contributed by atoms with Crippen LogP contribution in [-0.4, -0.2) is 56.0 Å². The number of carbonyl (C=O) groups excluding carboxylic acids is 2. The third kappa shape index (κ3) is 9.10. The van der Waals surface area contributed by atoms with Gasteiger partial charge in [0.1, 0.15) is 6.61 Å². The van der Waals surface area contributed by atoms with Crippen LogP contribution in [0, 0.1) is 5.92 Å². The second kappa shape index (κ2) is 10.7. The molecular weight excluding hydrogens is 318 g/mol. The van der Waals surface area contributed by atoms with Crippen molar-refractivity contribution in [2.75, 3.05) is 39.5 Å². The van der Waals surface area contributed by atoms with E-state index in [-0.39, 0.29) is 18.6 Å². The van der Waals surface area contributed by atoms with Crippen molar-refractivity contribution in [3.63, 3.8) is 0 Å². The van der Waals surface area contributed by atoms with Crippen LogP contribution in [-0.2, 0) is 16.1 Å². The van der Waals surface area contributed by atoms with Crippen LogP contribution in [0.15, 0.2) is 24.3 Å². The maximum absolute atomic E-state index is 11.9. The third-order valence-corrected chi connectivity index (χ3v) is 3.74. The minimum Gasteiger partial charge on any atom is -0.445 e. The molecule has 140 valence electrons. The summed E-state index contributed by atoms with van der Waals surface area (Å²) in [6.45, 7) is 5.82. The lowest BCUT2D eigenvalue weighted by molar-refractivity contribution is -0.116. The number of nitrogens with one attached hydrogen (secondary N) is 1. The van der Waals surface area contributed by atoms with Crippen molar-refractivity contribution in [2.24, 2.45) is 5.92 Å². The van der Waals surface area contributed by atoms with Crippen LogP contribution in [0.5, 0.6) is 0 Å².